The Morgan fingerprint density at radius 1 is 0.585 bits per heavy atom. The summed E-state index contributed by atoms with van der Waals surface area (Å²) in [6.45, 7) is 0.704. The van der Waals surface area contributed by atoms with Crippen molar-refractivity contribution in [2.45, 2.75) is 51.5 Å². The molecule has 0 unspecified atom stereocenters. The number of amides is 2. The van der Waals surface area contributed by atoms with E-state index in [9.17, 15) is 14.4 Å². The van der Waals surface area contributed by atoms with Crippen molar-refractivity contribution in [3.05, 3.63) is 169 Å². The first-order valence-electron chi connectivity index (χ1n) is 21.7. The summed E-state index contributed by atoms with van der Waals surface area (Å²) in [5.74, 6) is -1.52. The van der Waals surface area contributed by atoms with Gasteiger partial charge in [-0.15, -0.1) is 27.7 Å². The molecular formula is C53H42N5O5S2+. The molecule has 9 aromatic rings. The maximum atomic E-state index is 12.3. The fraction of sp³-hybridized carbons (Fsp3) is 0.151. The Hall–Kier alpha value is -7.41. The van der Waals surface area contributed by atoms with E-state index >= 15 is 0 Å². The molecule has 10 rings (SSSR count). The summed E-state index contributed by atoms with van der Waals surface area (Å²) in [6, 6.07) is 50.9. The SMILES string of the molecule is O=C(CCCC[n+]1ccc(CCc2nc(-c3ccc(-c4ccc(-c5ccccc5)cc4)s3)c3nonc3c2-c2ccc(-c3ccc(-c4ccccc4)cc3)s2)cc1)ON1C(=O)CCC1=O. The Balaban J connectivity index is 0.898. The summed E-state index contributed by atoms with van der Waals surface area (Å²) in [6.07, 6.45) is 7.06. The van der Waals surface area contributed by atoms with Gasteiger partial charge in [0.1, 0.15) is 17.8 Å². The van der Waals surface area contributed by atoms with Crippen LogP contribution in [0.25, 0.3) is 75.2 Å². The molecule has 0 aliphatic carbocycles. The molecule has 0 bridgehead atoms. The first-order valence-corrected chi connectivity index (χ1v) is 23.3. The third kappa shape index (κ3) is 9.17. The quantitative estimate of drug-likeness (QED) is 0.0567. The van der Waals surface area contributed by atoms with E-state index in [4.69, 9.17) is 14.5 Å². The average molecular weight is 893 g/mol. The Labute approximate surface area is 383 Å². The highest BCUT2D eigenvalue weighted by molar-refractivity contribution is 7.19. The highest BCUT2D eigenvalue weighted by Crippen LogP contribution is 2.43. The zero-order valence-electron chi connectivity index (χ0n) is 35.3. The van der Waals surface area contributed by atoms with Gasteiger partial charge in [0.2, 0.25) is 0 Å². The van der Waals surface area contributed by atoms with Crippen molar-refractivity contribution in [2.24, 2.45) is 0 Å². The normalized spacial score (nSPS) is 12.6. The third-order valence-electron chi connectivity index (χ3n) is 11.6. The number of nitrogens with zero attached hydrogens (tertiary/aromatic N) is 5. The molecule has 1 aliphatic rings. The van der Waals surface area contributed by atoms with Crippen LogP contribution in [0.15, 0.2) is 163 Å². The molecule has 1 aliphatic heterocycles. The standard InChI is InChI=1S/C53H42N5O5S2/c59-47-28-29-48(60)58(47)62-49(61)13-7-8-32-57-33-30-35(31-34-57)14-23-42-50(45-26-24-43(64-45)40-19-15-38(16-20-40)36-9-3-1-4-10-36)52-53(56-63-55-52)51(54-42)46-27-25-44(65-46)41-21-17-39(18-22-41)37-11-5-2-6-12-37/h1-6,9-12,15-22,24-27,30-31,33-34H,7-8,13-14,23,28-29,32H2/q+1. The largest absolute Gasteiger partial charge is 0.333 e. The lowest BCUT2D eigenvalue weighted by molar-refractivity contribution is -0.697. The Morgan fingerprint density at radius 3 is 1.72 bits per heavy atom. The van der Waals surface area contributed by atoms with Crippen LogP contribution in [0.5, 0.6) is 0 Å². The molecule has 5 aromatic heterocycles. The molecule has 65 heavy (non-hydrogen) atoms. The number of pyridine rings is 2. The summed E-state index contributed by atoms with van der Waals surface area (Å²) >= 11 is 3.38. The van der Waals surface area contributed by atoms with Crippen LogP contribution in [-0.2, 0) is 38.6 Å². The smallest absolute Gasteiger partial charge is 0.330 e. The number of fused-ring (bicyclic) bond motifs is 1. The summed E-state index contributed by atoms with van der Waals surface area (Å²) in [5.41, 5.74) is 12.0. The molecule has 10 nitrogen and oxygen atoms in total. The van der Waals surface area contributed by atoms with Crippen molar-refractivity contribution in [2.75, 3.05) is 0 Å². The van der Waals surface area contributed by atoms with E-state index in [1.54, 1.807) is 22.7 Å². The Kier molecular flexibility index (Phi) is 12.0. The van der Waals surface area contributed by atoms with Gasteiger partial charge in [0.15, 0.2) is 17.9 Å². The van der Waals surface area contributed by atoms with Crippen molar-refractivity contribution >= 4 is 51.5 Å². The van der Waals surface area contributed by atoms with Gasteiger partial charge < -0.3 is 4.84 Å². The summed E-state index contributed by atoms with van der Waals surface area (Å²) < 4.78 is 7.60. The van der Waals surface area contributed by atoms with E-state index in [0.717, 1.165) is 66.0 Å². The van der Waals surface area contributed by atoms with Gasteiger partial charge in [-0.25, -0.2) is 19.0 Å². The fourth-order valence-electron chi connectivity index (χ4n) is 8.10. The fourth-order valence-corrected chi connectivity index (χ4v) is 10.2. The number of rotatable bonds is 15. The summed E-state index contributed by atoms with van der Waals surface area (Å²) in [5, 5.41) is 9.60. The molecule has 320 valence electrons. The van der Waals surface area contributed by atoms with Crippen LogP contribution >= 0.6 is 22.7 Å². The van der Waals surface area contributed by atoms with Crippen LogP contribution in [0.3, 0.4) is 0 Å². The van der Waals surface area contributed by atoms with Crippen molar-refractivity contribution in [1.29, 1.82) is 0 Å². The van der Waals surface area contributed by atoms with Gasteiger partial charge in [-0.2, -0.15) is 0 Å². The molecule has 2 amide bonds. The minimum Gasteiger partial charge on any atom is -0.330 e. The second kappa shape index (κ2) is 18.7. The molecule has 0 atom stereocenters. The predicted molar refractivity (Wildman–Crippen MR) is 253 cm³/mol. The zero-order chi connectivity index (χ0) is 44.1. The second-order valence-corrected chi connectivity index (χ2v) is 18.1. The molecule has 12 heteroatoms. The van der Waals surface area contributed by atoms with Gasteiger partial charge in [0.05, 0.1) is 10.6 Å². The number of carbonyl (C=O) groups excluding carboxylic acids is 3. The number of carbonyl (C=O) groups is 3. The highest BCUT2D eigenvalue weighted by Gasteiger charge is 2.32. The summed E-state index contributed by atoms with van der Waals surface area (Å²) in [7, 11) is 0. The van der Waals surface area contributed by atoms with Gasteiger partial charge in [-0.05, 0) is 92.8 Å². The minimum absolute atomic E-state index is 0.0783. The average Bonchev–Trinajstić information content (AvgIpc) is 4.20. The highest BCUT2D eigenvalue weighted by atomic mass is 32.1. The van der Waals surface area contributed by atoms with Crippen LogP contribution in [0, 0.1) is 0 Å². The van der Waals surface area contributed by atoms with E-state index in [2.05, 4.69) is 148 Å². The van der Waals surface area contributed by atoms with Crippen LogP contribution in [0.2, 0.25) is 0 Å². The topological polar surface area (TPSA) is 119 Å². The Morgan fingerprint density at radius 2 is 1.11 bits per heavy atom. The monoisotopic (exact) mass is 892 g/mol. The number of benzene rings is 4. The number of hydroxylamine groups is 2. The van der Waals surface area contributed by atoms with Crippen LogP contribution in [-0.4, -0.2) is 38.1 Å². The number of imide groups is 1. The second-order valence-electron chi connectivity index (χ2n) is 15.9. The number of hydrogen-bond acceptors (Lipinski definition) is 10. The number of aromatic nitrogens is 4. The molecule has 1 saturated heterocycles. The number of aryl methyl sites for hydroxylation is 3. The van der Waals surface area contributed by atoms with E-state index in [-0.39, 0.29) is 19.3 Å². The number of hydrogen-bond donors (Lipinski definition) is 0. The predicted octanol–water partition coefficient (Wildman–Crippen LogP) is 11.6. The number of thiophene rings is 2. The van der Waals surface area contributed by atoms with Crippen molar-refractivity contribution in [3.8, 4) is 64.1 Å². The lowest BCUT2D eigenvalue weighted by Crippen LogP contribution is -2.33. The molecule has 6 heterocycles. The maximum Gasteiger partial charge on any atom is 0.333 e. The van der Waals surface area contributed by atoms with Crippen molar-refractivity contribution < 1.29 is 28.4 Å². The number of unbranched alkanes of at least 4 members (excludes halogenated alkanes) is 1. The van der Waals surface area contributed by atoms with E-state index < -0.39 is 17.8 Å². The summed E-state index contributed by atoms with van der Waals surface area (Å²) in [4.78, 5) is 50.5. The van der Waals surface area contributed by atoms with Gasteiger partial charge in [-0.1, -0.05) is 109 Å². The van der Waals surface area contributed by atoms with Crippen LogP contribution in [0.4, 0.5) is 0 Å². The third-order valence-corrected chi connectivity index (χ3v) is 13.9. The van der Waals surface area contributed by atoms with Crippen molar-refractivity contribution in [3.63, 3.8) is 0 Å². The minimum atomic E-state index is -0.575. The first-order chi connectivity index (χ1) is 31.9. The van der Waals surface area contributed by atoms with Gasteiger partial charge in [0.25, 0.3) is 11.8 Å². The molecular weight excluding hydrogens is 851 g/mol. The molecule has 0 saturated carbocycles. The lowest BCUT2D eigenvalue weighted by atomic mass is 10.0. The van der Waals surface area contributed by atoms with E-state index in [1.807, 2.05) is 24.5 Å². The molecule has 0 radical (unpaired) electrons. The molecule has 0 N–H and O–H groups in total. The first kappa shape index (κ1) is 41.6. The van der Waals surface area contributed by atoms with E-state index in [0.29, 0.717) is 35.5 Å². The molecule has 4 aromatic carbocycles. The molecule has 0 spiro atoms. The van der Waals surface area contributed by atoms with Gasteiger partial charge in [-0.3, -0.25) is 9.59 Å². The zero-order valence-corrected chi connectivity index (χ0v) is 36.9. The lowest BCUT2D eigenvalue weighted by Gasteiger charge is -2.12. The van der Waals surface area contributed by atoms with Crippen LogP contribution in [0.1, 0.15) is 43.4 Å². The van der Waals surface area contributed by atoms with Crippen molar-refractivity contribution in [1.82, 2.24) is 20.4 Å². The van der Waals surface area contributed by atoms with E-state index in [1.165, 1.54) is 22.3 Å². The maximum absolute atomic E-state index is 12.3. The van der Waals surface area contributed by atoms with Gasteiger partial charge >= 0.3 is 5.97 Å². The molecule has 1 fully saturated rings. The van der Waals surface area contributed by atoms with Gasteiger partial charge in [0, 0.05) is 58.0 Å². The van der Waals surface area contributed by atoms with Crippen LogP contribution < -0.4 is 4.57 Å². The Bertz CT molecular complexity index is 3110.